The lowest BCUT2D eigenvalue weighted by molar-refractivity contribution is 0.531. The molecule has 2 nitrogen and oxygen atoms in total. The maximum atomic E-state index is 5.83. The summed E-state index contributed by atoms with van der Waals surface area (Å²) in [5, 5.41) is 0. The van der Waals surface area contributed by atoms with Crippen molar-refractivity contribution < 1.29 is 0 Å². The van der Waals surface area contributed by atoms with E-state index in [9.17, 15) is 0 Å². The first-order chi connectivity index (χ1) is 6.11. The van der Waals surface area contributed by atoms with Gasteiger partial charge in [0.25, 0.3) is 0 Å². The molecule has 0 aliphatic carbocycles. The highest BCUT2D eigenvalue weighted by Gasteiger charge is 2.13. The van der Waals surface area contributed by atoms with Gasteiger partial charge >= 0.3 is 0 Å². The molecule has 0 unspecified atom stereocenters. The quantitative estimate of drug-likeness (QED) is 0.543. The highest BCUT2D eigenvalue weighted by molar-refractivity contribution is 7.80. The van der Waals surface area contributed by atoms with Crippen LogP contribution in [-0.2, 0) is 0 Å². The Bertz CT molecular complexity index is 215. The normalized spacial score (nSPS) is 18.4. The van der Waals surface area contributed by atoms with Crippen LogP contribution in [0.3, 0.4) is 0 Å². The predicted octanol–water partition coefficient (Wildman–Crippen LogP) is 1.91. The van der Waals surface area contributed by atoms with Crippen molar-refractivity contribution in [1.82, 2.24) is 4.90 Å². The number of allylic oxidation sites excluding steroid dienone is 1. The van der Waals surface area contributed by atoms with E-state index in [0.29, 0.717) is 5.92 Å². The molecule has 2 N–H and O–H groups in total. The van der Waals surface area contributed by atoms with Gasteiger partial charge < -0.3 is 10.6 Å². The van der Waals surface area contributed by atoms with Crippen molar-refractivity contribution in [2.75, 3.05) is 13.1 Å². The molecule has 1 saturated heterocycles. The van der Waals surface area contributed by atoms with Crippen molar-refractivity contribution in [1.29, 1.82) is 0 Å². The molecule has 1 aliphatic heterocycles. The molecule has 13 heavy (non-hydrogen) atoms. The van der Waals surface area contributed by atoms with Crippen LogP contribution in [0.25, 0.3) is 0 Å². The van der Waals surface area contributed by atoms with Crippen LogP contribution in [0.4, 0.5) is 0 Å². The van der Waals surface area contributed by atoms with Crippen LogP contribution < -0.4 is 5.73 Å². The summed E-state index contributed by atoms with van der Waals surface area (Å²) in [5.74, 6) is 0.389. The minimum Gasteiger partial charge on any atom is -0.402 e. The molecule has 0 radical (unpaired) electrons. The van der Waals surface area contributed by atoms with Gasteiger partial charge in [-0.05, 0) is 24.8 Å². The molecule has 0 aromatic rings. The van der Waals surface area contributed by atoms with E-state index in [4.69, 9.17) is 18.0 Å². The summed E-state index contributed by atoms with van der Waals surface area (Å²) < 4.78 is 0. The van der Waals surface area contributed by atoms with Gasteiger partial charge in [0.1, 0.15) is 4.99 Å². The van der Waals surface area contributed by atoms with Gasteiger partial charge in [-0.25, -0.2) is 0 Å². The summed E-state index contributed by atoms with van der Waals surface area (Å²) >= 11 is 5.28. The zero-order valence-electron chi connectivity index (χ0n) is 8.42. The average molecular weight is 198 g/mol. The van der Waals surface area contributed by atoms with Gasteiger partial charge in [0.15, 0.2) is 0 Å². The molecule has 1 rings (SSSR count). The molecule has 0 atom stereocenters. The van der Waals surface area contributed by atoms with Gasteiger partial charge in [-0.2, -0.15) is 0 Å². The van der Waals surface area contributed by atoms with Gasteiger partial charge in [-0.3, -0.25) is 0 Å². The fourth-order valence-corrected chi connectivity index (χ4v) is 1.66. The molecule has 74 valence electrons. The van der Waals surface area contributed by atoms with Crippen molar-refractivity contribution >= 4 is 17.2 Å². The zero-order chi connectivity index (χ0) is 9.84. The minimum atomic E-state index is 0.389. The minimum absolute atomic E-state index is 0.389. The second-order valence-electron chi connectivity index (χ2n) is 3.83. The van der Waals surface area contributed by atoms with Crippen LogP contribution in [0.15, 0.2) is 11.8 Å². The van der Waals surface area contributed by atoms with Crippen molar-refractivity contribution in [3.05, 3.63) is 11.8 Å². The number of likely N-dealkylation sites (tertiary alicyclic amines) is 1. The predicted molar refractivity (Wildman–Crippen MR) is 60.5 cm³/mol. The topological polar surface area (TPSA) is 29.3 Å². The fourth-order valence-electron chi connectivity index (χ4n) is 1.34. The van der Waals surface area contributed by atoms with Crippen molar-refractivity contribution in [2.24, 2.45) is 11.7 Å². The van der Waals surface area contributed by atoms with E-state index >= 15 is 0 Å². The van der Waals surface area contributed by atoms with Crippen LogP contribution in [-0.4, -0.2) is 23.0 Å². The Hall–Kier alpha value is -0.570. The smallest absolute Gasteiger partial charge is 0.103 e. The third-order valence-electron chi connectivity index (χ3n) is 2.37. The van der Waals surface area contributed by atoms with E-state index in [2.05, 4.69) is 18.7 Å². The van der Waals surface area contributed by atoms with Gasteiger partial charge in [-0.1, -0.05) is 26.1 Å². The van der Waals surface area contributed by atoms with E-state index in [1.807, 2.05) is 6.08 Å². The van der Waals surface area contributed by atoms with E-state index in [1.54, 1.807) is 0 Å². The van der Waals surface area contributed by atoms with Crippen LogP contribution in [0, 0.1) is 5.92 Å². The first-order valence-corrected chi connectivity index (χ1v) is 5.28. The van der Waals surface area contributed by atoms with Crippen molar-refractivity contribution in [3.8, 4) is 0 Å². The third-order valence-corrected chi connectivity index (χ3v) is 2.75. The molecule has 0 aromatic heterocycles. The van der Waals surface area contributed by atoms with Crippen LogP contribution in [0.2, 0.25) is 0 Å². The second kappa shape index (κ2) is 4.61. The number of hydrogen-bond donors (Lipinski definition) is 1. The standard InChI is InChI=1S/C10H18N2S/c1-8(2)9(11)7-10(13)12-5-3-4-6-12/h7-8H,3-6,11H2,1-2H3/b9-7-. The lowest BCUT2D eigenvalue weighted by Crippen LogP contribution is -2.25. The Kier molecular flexibility index (Phi) is 3.72. The Morgan fingerprint density at radius 1 is 1.38 bits per heavy atom. The lowest BCUT2D eigenvalue weighted by Gasteiger charge is -2.16. The number of thiocarbonyl (C=S) groups is 1. The molecular weight excluding hydrogens is 180 g/mol. The Morgan fingerprint density at radius 3 is 2.38 bits per heavy atom. The molecule has 0 spiro atoms. The number of hydrogen-bond acceptors (Lipinski definition) is 2. The number of nitrogens with two attached hydrogens (primary N) is 1. The molecule has 1 heterocycles. The number of rotatable bonds is 2. The Morgan fingerprint density at radius 2 is 1.92 bits per heavy atom. The average Bonchev–Trinajstić information content (AvgIpc) is 2.55. The van der Waals surface area contributed by atoms with Crippen LogP contribution in [0.1, 0.15) is 26.7 Å². The lowest BCUT2D eigenvalue weighted by atomic mass is 10.1. The van der Waals surface area contributed by atoms with E-state index in [0.717, 1.165) is 23.8 Å². The maximum Gasteiger partial charge on any atom is 0.103 e. The molecule has 0 bridgehead atoms. The van der Waals surface area contributed by atoms with Crippen LogP contribution in [0.5, 0.6) is 0 Å². The van der Waals surface area contributed by atoms with Crippen LogP contribution >= 0.6 is 12.2 Å². The number of nitrogens with zero attached hydrogens (tertiary/aromatic N) is 1. The maximum absolute atomic E-state index is 5.83. The van der Waals surface area contributed by atoms with Gasteiger partial charge in [0.05, 0.1) is 0 Å². The fraction of sp³-hybridized carbons (Fsp3) is 0.700. The summed E-state index contributed by atoms with van der Waals surface area (Å²) in [7, 11) is 0. The Labute approximate surface area is 85.8 Å². The SMILES string of the molecule is CC(C)/C(N)=C/C(=S)N1CCCC1. The highest BCUT2D eigenvalue weighted by Crippen LogP contribution is 2.11. The van der Waals surface area contributed by atoms with Crippen molar-refractivity contribution in [2.45, 2.75) is 26.7 Å². The molecule has 1 aliphatic rings. The Balaban J connectivity index is 2.52. The summed E-state index contributed by atoms with van der Waals surface area (Å²) in [4.78, 5) is 3.13. The monoisotopic (exact) mass is 198 g/mol. The van der Waals surface area contributed by atoms with E-state index in [-0.39, 0.29) is 0 Å². The molecule has 1 fully saturated rings. The first-order valence-electron chi connectivity index (χ1n) is 4.87. The van der Waals surface area contributed by atoms with Gasteiger partial charge in [0.2, 0.25) is 0 Å². The van der Waals surface area contributed by atoms with E-state index in [1.165, 1.54) is 12.8 Å². The molecule has 0 aromatic carbocycles. The summed E-state index contributed by atoms with van der Waals surface area (Å²) in [5.41, 5.74) is 6.72. The first kappa shape index (κ1) is 10.5. The zero-order valence-corrected chi connectivity index (χ0v) is 9.23. The molecule has 0 saturated carbocycles. The van der Waals surface area contributed by atoms with Gasteiger partial charge in [0, 0.05) is 18.8 Å². The molecular formula is C10H18N2S. The van der Waals surface area contributed by atoms with Crippen molar-refractivity contribution in [3.63, 3.8) is 0 Å². The largest absolute Gasteiger partial charge is 0.402 e. The molecule has 3 heteroatoms. The third kappa shape index (κ3) is 2.99. The van der Waals surface area contributed by atoms with Gasteiger partial charge in [-0.15, -0.1) is 0 Å². The summed E-state index contributed by atoms with van der Waals surface area (Å²) in [6.07, 6.45) is 4.45. The summed E-state index contributed by atoms with van der Waals surface area (Å²) in [6.45, 7) is 6.36. The summed E-state index contributed by atoms with van der Waals surface area (Å²) in [6, 6.07) is 0. The van der Waals surface area contributed by atoms with E-state index < -0.39 is 0 Å². The second-order valence-corrected chi connectivity index (χ2v) is 4.25. The highest BCUT2D eigenvalue weighted by atomic mass is 32.1. The molecule has 0 amide bonds.